The molecule has 0 aliphatic heterocycles. The average molecular weight is 331 g/mol. The first-order chi connectivity index (χ1) is 11.1. The van der Waals surface area contributed by atoms with Crippen molar-refractivity contribution in [2.24, 2.45) is 5.10 Å². The predicted octanol–water partition coefficient (Wildman–Crippen LogP) is 2.84. The van der Waals surface area contributed by atoms with Crippen molar-refractivity contribution in [1.29, 1.82) is 0 Å². The maximum atomic E-state index is 12.9. The van der Waals surface area contributed by atoms with Crippen LogP contribution in [0, 0.1) is 5.82 Å². The average Bonchev–Trinajstić information content (AvgIpc) is 2.89. The molecule has 3 rings (SSSR count). The number of halogens is 2. The molecule has 5 nitrogen and oxygen atoms in total. The zero-order chi connectivity index (χ0) is 16.2. The van der Waals surface area contributed by atoms with Crippen molar-refractivity contribution in [2.75, 3.05) is 0 Å². The normalized spacial score (nSPS) is 11.2. The van der Waals surface area contributed by atoms with E-state index < -0.39 is 5.69 Å². The lowest BCUT2D eigenvalue weighted by Gasteiger charge is -2.01. The molecule has 7 heteroatoms. The Balaban J connectivity index is 1.85. The molecule has 1 heterocycles. The molecule has 0 unspecified atom stereocenters. The van der Waals surface area contributed by atoms with Crippen LogP contribution in [0.3, 0.4) is 0 Å². The first kappa shape index (κ1) is 15.2. The van der Waals surface area contributed by atoms with E-state index in [2.05, 4.69) is 15.3 Å². The standard InChI is InChI=1S/C16H12ClFN4O/c17-13-5-1-11(2-6-13)9-15-20-21-16(23)22(15)19-10-12-3-7-14(18)8-4-12/h1-8,10H,9H2,(H,21,23)/b19-10+. The predicted molar refractivity (Wildman–Crippen MR) is 86.5 cm³/mol. The zero-order valence-corrected chi connectivity index (χ0v) is 12.7. The largest absolute Gasteiger partial charge is 0.364 e. The van der Waals surface area contributed by atoms with Gasteiger partial charge < -0.3 is 0 Å². The van der Waals surface area contributed by atoms with Gasteiger partial charge in [0.2, 0.25) is 0 Å². The Labute approximate surface area is 136 Å². The molecule has 3 aromatic rings. The Bertz CT molecular complexity index is 882. The monoisotopic (exact) mass is 330 g/mol. The molecule has 0 spiro atoms. The molecular formula is C16H12ClFN4O. The molecule has 0 bridgehead atoms. The summed E-state index contributed by atoms with van der Waals surface area (Å²) < 4.78 is 14.1. The topological polar surface area (TPSA) is 63.0 Å². The van der Waals surface area contributed by atoms with E-state index >= 15 is 0 Å². The van der Waals surface area contributed by atoms with E-state index in [-0.39, 0.29) is 5.82 Å². The second-order valence-corrected chi connectivity index (χ2v) is 5.29. The highest BCUT2D eigenvalue weighted by molar-refractivity contribution is 6.30. The maximum absolute atomic E-state index is 12.9. The molecule has 0 fully saturated rings. The van der Waals surface area contributed by atoms with E-state index in [0.29, 0.717) is 22.8 Å². The van der Waals surface area contributed by atoms with Crippen LogP contribution in [0.4, 0.5) is 4.39 Å². The summed E-state index contributed by atoms with van der Waals surface area (Å²) in [5, 5.41) is 11.1. The number of benzene rings is 2. The fraction of sp³-hybridized carbons (Fsp3) is 0.0625. The first-order valence-electron chi connectivity index (χ1n) is 6.82. The number of nitrogens with one attached hydrogen (secondary N) is 1. The number of aromatic amines is 1. The maximum Gasteiger partial charge on any atom is 0.364 e. The summed E-state index contributed by atoms with van der Waals surface area (Å²) >= 11 is 5.85. The summed E-state index contributed by atoms with van der Waals surface area (Å²) in [4.78, 5) is 11.8. The Kier molecular flexibility index (Phi) is 4.34. The van der Waals surface area contributed by atoms with Gasteiger partial charge >= 0.3 is 5.69 Å². The molecular weight excluding hydrogens is 319 g/mol. The Hall–Kier alpha value is -2.73. The van der Waals surface area contributed by atoms with Gasteiger partial charge in [0.15, 0.2) is 5.82 Å². The number of hydrogen-bond acceptors (Lipinski definition) is 3. The lowest BCUT2D eigenvalue weighted by molar-refractivity contribution is 0.628. The van der Waals surface area contributed by atoms with E-state index in [1.807, 2.05) is 12.1 Å². The van der Waals surface area contributed by atoms with Crippen molar-refractivity contribution in [1.82, 2.24) is 14.9 Å². The smallest absolute Gasteiger partial charge is 0.244 e. The van der Waals surface area contributed by atoms with Gasteiger partial charge in [-0.3, -0.25) is 0 Å². The summed E-state index contributed by atoms with van der Waals surface area (Å²) in [5.41, 5.74) is 1.19. The number of H-pyrrole nitrogens is 1. The fourth-order valence-corrected chi connectivity index (χ4v) is 2.14. The number of aromatic nitrogens is 3. The van der Waals surface area contributed by atoms with Gasteiger partial charge in [0, 0.05) is 11.4 Å². The summed E-state index contributed by atoms with van der Waals surface area (Å²) in [6.45, 7) is 0. The number of hydrogen-bond donors (Lipinski definition) is 1. The van der Waals surface area contributed by atoms with Gasteiger partial charge in [-0.05, 0) is 35.4 Å². The van der Waals surface area contributed by atoms with Crippen LogP contribution in [0.1, 0.15) is 17.0 Å². The van der Waals surface area contributed by atoms with Gasteiger partial charge in [-0.15, -0.1) is 0 Å². The first-order valence-corrected chi connectivity index (χ1v) is 7.20. The van der Waals surface area contributed by atoms with Gasteiger partial charge in [0.25, 0.3) is 0 Å². The molecule has 116 valence electrons. The van der Waals surface area contributed by atoms with Crippen LogP contribution in [-0.2, 0) is 6.42 Å². The van der Waals surface area contributed by atoms with Crippen molar-refractivity contribution < 1.29 is 4.39 Å². The zero-order valence-electron chi connectivity index (χ0n) is 11.9. The third kappa shape index (κ3) is 3.73. The number of nitrogens with zero attached hydrogens (tertiary/aromatic N) is 3. The highest BCUT2D eigenvalue weighted by Crippen LogP contribution is 2.12. The summed E-state index contributed by atoms with van der Waals surface area (Å²) in [6, 6.07) is 13.1. The molecule has 0 aliphatic rings. The minimum atomic E-state index is -0.438. The van der Waals surface area contributed by atoms with Crippen LogP contribution >= 0.6 is 11.6 Å². The van der Waals surface area contributed by atoms with Crippen molar-refractivity contribution in [2.45, 2.75) is 6.42 Å². The lowest BCUT2D eigenvalue weighted by atomic mass is 10.1. The molecule has 0 atom stereocenters. The van der Waals surface area contributed by atoms with E-state index in [0.717, 1.165) is 5.56 Å². The molecule has 1 aromatic heterocycles. The Morgan fingerprint density at radius 2 is 1.87 bits per heavy atom. The Morgan fingerprint density at radius 1 is 1.17 bits per heavy atom. The molecule has 0 saturated carbocycles. The summed E-state index contributed by atoms with van der Waals surface area (Å²) in [6.07, 6.45) is 1.90. The van der Waals surface area contributed by atoms with Crippen LogP contribution in [-0.4, -0.2) is 21.1 Å². The van der Waals surface area contributed by atoms with E-state index in [1.165, 1.54) is 23.0 Å². The van der Waals surface area contributed by atoms with Crippen LogP contribution in [0.5, 0.6) is 0 Å². The molecule has 0 radical (unpaired) electrons. The van der Waals surface area contributed by atoms with Gasteiger partial charge in [0.05, 0.1) is 6.21 Å². The summed E-state index contributed by atoms with van der Waals surface area (Å²) in [7, 11) is 0. The minimum Gasteiger partial charge on any atom is -0.244 e. The van der Waals surface area contributed by atoms with Crippen molar-refractivity contribution >= 4 is 17.8 Å². The highest BCUT2D eigenvalue weighted by Gasteiger charge is 2.08. The van der Waals surface area contributed by atoms with Crippen LogP contribution in [0.15, 0.2) is 58.4 Å². The van der Waals surface area contributed by atoms with Crippen molar-refractivity contribution in [3.05, 3.63) is 86.8 Å². The molecule has 23 heavy (non-hydrogen) atoms. The van der Waals surface area contributed by atoms with Gasteiger partial charge in [-0.25, -0.2) is 14.3 Å². The Morgan fingerprint density at radius 3 is 2.57 bits per heavy atom. The molecule has 0 saturated heterocycles. The molecule has 0 amide bonds. The third-order valence-electron chi connectivity index (χ3n) is 3.19. The van der Waals surface area contributed by atoms with Crippen LogP contribution in [0.2, 0.25) is 5.02 Å². The van der Waals surface area contributed by atoms with E-state index in [9.17, 15) is 9.18 Å². The number of rotatable bonds is 4. The van der Waals surface area contributed by atoms with Crippen LogP contribution < -0.4 is 5.69 Å². The summed E-state index contributed by atoms with van der Waals surface area (Å²) in [5.74, 6) is 0.140. The molecule has 0 aliphatic carbocycles. The molecule has 1 N–H and O–H groups in total. The van der Waals surface area contributed by atoms with Gasteiger partial charge in [0.1, 0.15) is 5.82 Å². The van der Waals surface area contributed by atoms with Crippen molar-refractivity contribution in [3.63, 3.8) is 0 Å². The highest BCUT2D eigenvalue weighted by atomic mass is 35.5. The third-order valence-corrected chi connectivity index (χ3v) is 3.44. The van der Waals surface area contributed by atoms with Gasteiger partial charge in [-0.1, -0.05) is 35.9 Å². The quantitative estimate of drug-likeness (QED) is 0.748. The van der Waals surface area contributed by atoms with Crippen LogP contribution in [0.25, 0.3) is 0 Å². The van der Waals surface area contributed by atoms with Gasteiger partial charge in [-0.2, -0.15) is 14.9 Å². The van der Waals surface area contributed by atoms with Crippen molar-refractivity contribution in [3.8, 4) is 0 Å². The lowest BCUT2D eigenvalue weighted by Crippen LogP contribution is -2.15. The second-order valence-electron chi connectivity index (χ2n) is 4.86. The minimum absolute atomic E-state index is 0.328. The molecule has 2 aromatic carbocycles. The van der Waals surface area contributed by atoms with E-state index in [4.69, 9.17) is 11.6 Å². The fourth-order valence-electron chi connectivity index (χ4n) is 2.02. The second kappa shape index (κ2) is 6.58. The van der Waals surface area contributed by atoms with E-state index in [1.54, 1.807) is 24.3 Å². The SMILES string of the molecule is O=c1[nH]nc(Cc2ccc(Cl)cc2)n1/N=C/c1ccc(F)cc1.